The Hall–Kier alpha value is -5.99. The van der Waals surface area contributed by atoms with Gasteiger partial charge in [0.15, 0.2) is 41.4 Å². The van der Waals surface area contributed by atoms with Crippen molar-refractivity contribution in [1.29, 1.82) is 0 Å². The molecule has 0 spiro atoms. The Morgan fingerprint density at radius 2 is 0.864 bits per heavy atom. The van der Waals surface area contributed by atoms with Crippen molar-refractivity contribution in [3.05, 3.63) is 187 Å². The molecule has 6 rings (SSSR count). The van der Waals surface area contributed by atoms with Crippen LogP contribution in [-0.2, 0) is 45.6 Å². The first-order valence-corrected chi connectivity index (χ1v) is 21.6. The van der Waals surface area contributed by atoms with Crippen molar-refractivity contribution >= 4 is 70.0 Å². The lowest BCUT2D eigenvalue weighted by Crippen LogP contribution is -3.00. The Bertz CT molecular complexity index is 2620. The Morgan fingerprint density at radius 1 is 0.515 bits per heavy atom. The van der Waals surface area contributed by atoms with E-state index in [1.165, 1.54) is 13.8 Å². The van der Waals surface area contributed by atoms with E-state index in [1.807, 2.05) is 60.7 Å². The normalized spacial score (nSPS) is 11.3. The fourth-order valence-electron chi connectivity index (χ4n) is 6.24. The molecule has 12 nitrogen and oxygen atoms in total. The highest BCUT2D eigenvalue weighted by Crippen LogP contribution is 2.39. The Kier molecular flexibility index (Phi) is 20.9. The van der Waals surface area contributed by atoms with Crippen LogP contribution in [0.25, 0.3) is 0 Å². The first-order valence-electron chi connectivity index (χ1n) is 20.1. The van der Waals surface area contributed by atoms with Gasteiger partial charge in [-0.3, -0.25) is 14.4 Å². The van der Waals surface area contributed by atoms with Gasteiger partial charge in [0, 0.05) is 60.4 Å². The van der Waals surface area contributed by atoms with Gasteiger partial charge in [-0.1, -0.05) is 143 Å². The first kappa shape index (κ1) is 52.6. The maximum atomic E-state index is 12.3. The number of para-hydroxylation sites is 2. The monoisotopic (exact) mass is 995 g/mol. The molecule has 0 aliphatic carbocycles. The lowest BCUT2D eigenvalue weighted by Gasteiger charge is -2.22. The van der Waals surface area contributed by atoms with Crippen LogP contribution >= 0.6 is 46.4 Å². The van der Waals surface area contributed by atoms with Crippen LogP contribution in [0, 0.1) is 0 Å². The van der Waals surface area contributed by atoms with Gasteiger partial charge in [0.2, 0.25) is 5.91 Å². The summed E-state index contributed by atoms with van der Waals surface area (Å²) in [5, 5.41) is 17.1. The molecule has 17 heteroatoms. The first-order chi connectivity index (χ1) is 31.3. The van der Waals surface area contributed by atoms with Crippen molar-refractivity contribution in [2.45, 2.75) is 52.4 Å². The fourth-order valence-corrected chi connectivity index (χ4v) is 7.00. The molecule has 0 aliphatic heterocycles. The number of ketones is 1. The van der Waals surface area contributed by atoms with E-state index in [9.17, 15) is 24.3 Å². The minimum Gasteiger partial charge on any atom is -1.00 e. The van der Waals surface area contributed by atoms with Crippen LogP contribution in [0.15, 0.2) is 133 Å². The van der Waals surface area contributed by atoms with Gasteiger partial charge in [0.1, 0.15) is 32.5 Å². The van der Waals surface area contributed by atoms with E-state index in [1.54, 1.807) is 72.8 Å². The molecule has 0 radical (unpaired) electrons. The topological polar surface area (TPSA) is 177 Å². The van der Waals surface area contributed by atoms with E-state index in [0.29, 0.717) is 48.5 Å². The van der Waals surface area contributed by atoms with Gasteiger partial charge in [-0.05, 0) is 43.3 Å². The van der Waals surface area contributed by atoms with Crippen molar-refractivity contribution in [3.8, 4) is 23.0 Å². The molecule has 0 fully saturated rings. The fraction of sp³-hybridized carbons (Fsp3) is 0.184. The number of benzene rings is 6. The zero-order chi connectivity index (χ0) is 46.9. The van der Waals surface area contributed by atoms with Crippen LogP contribution in [0.3, 0.4) is 0 Å². The summed E-state index contributed by atoms with van der Waals surface area (Å²) in [4.78, 5) is 48.0. The highest BCUT2D eigenvalue weighted by molar-refractivity contribution is 6.32. The Morgan fingerprint density at radius 3 is 1.18 bits per heavy atom. The lowest BCUT2D eigenvalue weighted by atomic mass is 10.0. The number of Topliss-reactive ketones (excluding diaryl/α,β-unsaturated/α-hetero) is 1. The maximum absolute atomic E-state index is 12.3. The average Bonchev–Trinajstić information content (AvgIpc) is 3.29. The summed E-state index contributed by atoms with van der Waals surface area (Å²) in [5.74, 6) is -1.06. The molecule has 66 heavy (non-hydrogen) atoms. The van der Waals surface area contributed by atoms with E-state index in [-0.39, 0.29) is 68.4 Å². The third-order valence-corrected chi connectivity index (χ3v) is 11.0. The number of carbonyl (C=O) groups excluding carboxylic acids is 3. The van der Waals surface area contributed by atoms with E-state index in [0.717, 1.165) is 16.7 Å². The zero-order valence-electron chi connectivity index (χ0n) is 35.7. The number of halogens is 5. The summed E-state index contributed by atoms with van der Waals surface area (Å²) in [6.07, 6.45) is 0. The van der Waals surface area contributed by atoms with Gasteiger partial charge in [-0.2, -0.15) is 0 Å². The Balaban J connectivity index is 0.000000284. The van der Waals surface area contributed by atoms with E-state index in [4.69, 9.17) is 65.4 Å². The molecule has 2 unspecified atom stereocenters. The maximum Gasteiger partial charge on any atom is 0.331 e. The predicted molar refractivity (Wildman–Crippen MR) is 250 cm³/mol. The molecule has 0 bridgehead atoms. The molecular formula is C49H46Cl5N3O9. The van der Waals surface area contributed by atoms with Gasteiger partial charge < -0.3 is 52.8 Å². The standard InChI is InChI=1S/C25H23Cl2NO4.C24H22Cl2N2O5.ClH/c1-16(29)24(28-17(2)30)20-10-7-13-23(31-14-18-8-3-5-11-21(18)26)25(20)32-15-19-9-4-6-12-22(19)27;25-18-9-3-1-6-15(18)13-32-20-11-5-8-17(22(24(30)31)28-21(29)12-27)23(20)33-14-16-7-2-4-10-19(16)26;/h3-13,24H,14-15H2,1-2H3,(H,28,30);1-11,22H,12-14,27H2,(H,28,29)(H,30,31);1H. The van der Waals surface area contributed by atoms with Crippen molar-refractivity contribution in [1.82, 2.24) is 10.6 Å². The number of hydrogen-bond donors (Lipinski definition) is 4. The average molecular weight is 998 g/mol. The molecule has 2 amide bonds. The quantitative estimate of drug-likeness (QED) is 0.0701. The molecule has 0 aromatic heterocycles. The van der Waals surface area contributed by atoms with Crippen molar-refractivity contribution in [3.63, 3.8) is 0 Å². The van der Waals surface area contributed by atoms with Crippen molar-refractivity contribution < 1.29 is 61.4 Å². The molecular weight excluding hydrogens is 952 g/mol. The molecule has 0 saturated heterocycles. The Labute approximate surface area is 408 Å². The number of rotatable bonds is 19. The number of carboxylic acid groups (broad SMARTS) is 1. The third kappa shape index (κ3) is 15.0. The highest BCUT2D eigenvalue weighted by atomic mass is 35.5. The molecule has 2 atom stereocenters. The van der Waals surface area contributed by atoms with Crippen LogP contribution in [0.5, 0.6) is 23.0 Å². The SMILES string of the molecule is CC(=O)NC(C(C)=O)c1cccc(OCc2ccccc2Cl)c1OCc1ccccc1Cl.[Cl-].[NH3+]CC(=O)NC(C(=O)O)c1cccc(OCc2ccccc2Cl)c1OCc1ccccc1Cl. The second-order valence-corrected chi connectivity index (χ2v) is 15.8. The summed E-state index contributed by atoms with van der Waals surface area (Å²) in [7, 11) is 0. The van der Waals surface area contributed by atoms with Crippen LogP contribution < -0.4 is 47.7 Å². The molecule has 0 aliphatic rings. The zero-order valence-corrected chi connectivity index (χ0v) is 39.5. The van der Waals surface area contributed by atoms with Gasteiger partial charge in [0.05, 0.1) is 0 Å². The molecule has 6 aromatic rings. The third-order valence-electron chi connectivity index (χ3n) is 9.52. The molecule has 0 saturated carbocycles. The van der Waals surface area contributed by atoms with E-state index >= 15 is 0 Å². The van der Waals surface area contributed by atoms with Gasteiger partial charge in [-0.15, -0.1) is 0 Å². The summed E-state index contributed by atoms with van der Waals surface area (Å²) in [6, 6.07) is 36.9. The number of aliphatic carboxylic acids is 1. The second-order valence-electron chi connectivity index (χ2n) is 14.2. The minimum absolute atomic E-state index is 0. The molecule has 346 valence electrons. The second kappa shape index (κ2) is 26.2. The number of nitrogens with one attached hydrogen (secondary N) is 2. The summed E-state index contributed by atoms with van der Waals surface area (Å²) in [6.45, 7) is 3.22. The predicted octanol–water partition coefficient (Wildman–Crippen LogP) is 6.56. The minimum atomic E-state index is -1.36. The van der Waals surface area contributed by atoms with Crippen LogP contribution in [0.2, 0.25) is 20.1 Å². The van der Waals surface area contributed by atoms with Crippen molar-refractivity contribution in [2.24, 2.45) is 0 Å². The molecule has 0 heterocycles. The number of quaternary nitrogens is 1. The largest absolute Gasteiger partial charge is 1.00 e. The number of amides is 2. The van der Waals surface area contributed by atoms with Crippen LogP contribution in [-0.4, -0.2) is 35.2 Å². The number of hydrogen-bond acceptors (Lipinski definition) is 8. The molecule has 6 N–H and O–H groups in total. The van der Waals surface area contributed by atoms with Gasteiger partial charge >= 0.3 is 5.97 Å². The van der Waals surface area contributed by atoms with Crippen LogP contribution in [0.1, 0.15) is 59.3 Å². The number of ether oxygens (including phenoxy) is 4. The number of carboxylic acids is 1. The summed E-state index contributed by atoms with van der Waals surface area (Å²) < 4.78 is 24.1. The van der Waals surface area contributed by atoms with Crippen LogP contribution in [0.4, 0.5) is 0 Å². The molecule has 6 aromatic carbocycles. The number of carbonyl (C=O) groups is 4. The summed E-state index contributed by atoms with van der Waals surface area (Å²) >= 11 is 25.0. The highest BCUT2D eigenvalue weighted by Gasteiger charge is 2.28. The van der Waals surface area contributed by atoms with Crippen molar-refractivity contribution in [2.75, 3.05) is 6.54 Å². The smallest absolute Gasteiger partial charge is 0.331 e. The summed E-state index contributed by atoms with van der Waals surface area (Å²) in [5.41, 5.74) is 7.27. The van der Waals surface area contributed by atoms with E-state index in [2.05, 4.69) is 16.4 Å². The van der Waals surface area contributed by atoms with Gasteiger partial charge in [0.25, 0.3) is 5.91 Å². The van der Waals surface area contributed by atoms with E-state index < -0.39 is 24.0 Å². The lowest BCUT2D eigenvalue weighted by molar-refractivity contribution is -0.355. The van der Waals surface area contributed by atoms with Gasteiger partial charge in [-0.25, -0.2) is 4.79 Å².